The van der Waals surface area contributed by atoms with E-state index in [4.69, 9.17) is 5.73 Å². The largest absolute Gasteiger partial charge is 0.323 e. The number of Topliss-reactive ketones (excluding diaryl/α,β-unsaturated/α-hetero) is 1. The Hall–Kier alpha value is -1.15. The fraction of sp³-hybridized carbons (Fsp3) is 0.588. The van der Waals surface area contributed by atoms with Crippen LogP contribution in [0.25, 0.3) is 0 Å². The molecule has 19 heavy (non-hydrogen) atoms. The van der Waals surface area contributed by atoms with Crippen LogP contribution in [0.3, 0.4) is 0 Å². The molecule has 0 aromatic heterocycles. The zero-order valence-corrected chi connectivity index (χ0v) is 12.0. The predicted octanol–water partition coefficient (Wildman–Crippen LogP) is 3.72. The summed E-state index contributed by atoms with van der Waals surface area (Å²) in [5.74, 6) is 1.30. The summed E-state index contributed by atoms with van der Waals surface area (Å²) in [5, 5.41) is 0. The average Bonchev–Trinajstić information content (AvgIpc) is 2.46. The summed E-state index contributed by atoms with van der Waals surface area (Å²) in [6.45, 7) is 4.26. The zero-order chi connectivity index (χ0) is 13.8. The Morgan fingerprint density at radius 2 is 1.74 bits per heavy atom. The minimum atomic E-state index is -0.173. The Morgan fingerprint density at radius 1 is 1.16 bits per heavy atom. The smallest absolute Gasteiger partial charge is 0.140 e. The SMILES string of the molecule is CC1CCC(C(=O)C(C)C(N)c2ccccc2)CC1. The quantitative estimate of drug-likeness (QED) is 0.895. The van der Waals surface area contributed by atoms with Gasteiger partial charge in [0.15, 0.2) is 0 Å². The summed E-state index contributed by atoms with van der Waals surface area (Å²) in [6, 6.07) is 9.79. The fourth-order valence-corrected chi connectivity index (χ4v) is 3.06. The molecule has 1 aliphatic rings. The Morgan fingerprint density at radius 3 is 2.32 bits per heavy atom. The number of hydrogen-bond donors (Lipinski definition) is 1. The van der Waals surface area contributed by atoms with Gasteiger partial charge in [-0.2, -0.15) is 0 Å². The van der Waals surface area contributed by atoms with Gasteiger partial charge in [-0.05, 0) is 24.3 Å². The number of ketones is 1. The molecule has 0 heterocycles. The molecule has 2 unspecified atom stereocenters. The molecule has 104 valence electrons. The van der Waals surface area contributed by atoms with Crippen molar-refractivity contribution >= 4 is 5.78 Å². The van der Waals surface area contributed by atoms with E-state index in [-0.39, 0.29) is 17.9 Å². The lowest BCUT2D eigenvalue weighted by atomic mass is 9.76. The molecule has 0 amide bonds. The van der Waals surface area contributed by atoms with Crippen LogP contribution < -0.4 is 5.73 Å². The predicted molar refractivity (Wildman–Crippen MR) is 78.7 cm³/mol. The second kappa shape index (κ2) is 6.33. The molecule has 2 N–H and O–H groups in total. The van der Waals surface area contributed by atoms with Gasteiger partial charge in [0.05, 0.1) is 0 Å². The van der Waals surface area contributed by atoms with E-state index < -0.39 is 0 Å². The van der Waals surface area contributed by atoms with Crippen molar-refractivity contribution in [3.8, 4) is 0 Å². The Kier molecular flexibility index (Phi) is 4.76. The Bertz CT molecular complexity index is 407. The molecule has 2 nitrogen and oxygen atoms in total. The van der Waals surface area contributed by atoms with E-state index in [1.807, 2.05) is 37.3 Å². The van der Waals surface area contributed by atoms with Crippen LogP contribution in [0.15, 0.2) is 30.3 Å². The van der Waals surface area contributed by atoms with Crippen molar-refractivity contribution in [1.82, 2.24) is 0 Å². The highest BCUT2D eigenvalue weighted by atomic mass is 16.1. The van der Waals surface area contributed by atoms with E-state index in [2.05, 4.69) is 6.92 Å². The second-order valence-corrected chi connectivity index (χ2v) is 6.08. The van der Waals surface area contributed by atoms with Gasteiger partial charge in [0, 0.05) is 17.9 Å². The lowest BCUT2D eigenvalue weighted by molar-refractivity contribution is -0.128. The van der Waals surface area contributed by atoms with Crippen molar-refractivity contribution in [1.29, 1.82) is 0 Å². The number of nitrogens with two attached hydrogens (primary N) is 1. The summed E-state index contributed by atoms with van der Waals surface area (Å²) >= 11 is 0. The van der Waals surface area contributed by atoms with E-state index in [0.29, 0.717) is 5.78 Å². The van der Waals surface area contributed by atoms with Gasteiger partial charge in [0.2, 0.25) is 0 Å². The lowest BCUT2D eigenvalue weighted by Crippen LogP contribution is -2.32. The van der Waals surface area contributed by atoms with Gasteiger partial charge >= 0.3 is 0 Å². The molecule has 1 aromatic carbocycles. The highest BCUT2D eigenvalue weighted by Crippen LogP contribution is 2.32. The summed E-state index contributed by atoms with van der Waals surface area (Å²) < 4.78 is 0. The number of rotatable bonds is 4. The molecule has 0 spiro atoms. The lowest BCUT2D eigenvalue weighted by Gasteiger charge is -2.29. The van der Waals surface area contributed by atoms with Gasteiger partial charge in [-0.1, -0.05) is 57.0 Å². The maximum atomic E-state index is 12.5. The van der Waals surface area contributed by atoms with Crippen LogP contribution in [-0.4, -0.2) is 5.78 Å². The maximum absolute atomic E-state index is 12.5. The van der Waals surface area contributed by atoms with Gasteiger partial charge in [-0.25, -0.2) is 0 Å². The van der Waals surface area contributed by atoms with Crippen LogP contribution in [0.5, 0.6) is 0 Å². The number of benzene rings is 1. The van der Waals surface area contributed by atoms with Gasteiger partial charge in [-0.15, -0.1) is 0 Å². The van der Waals surface area contributed by atoms with Crippen molar-refractivity contribution in [2.24, 2.45) is 23.5 Å². The summed E-state index contributed by atoms with van der Waals surface area (Å²) in [4.78, 5) is 12.5. The highest BCUT2D eigenvalue weighted by molar-refractivity contribution is 5.84. The van der Waals surface area contributed by atoms with Crippen LogP contribution in [0.1, 0.15) is 51.1 Å². The third kappa shape index (κ3) is 3.44. The minimum Gasteiger partial charge on any atom is -0.323 e. The van der Waals surface area contributed by atoms with Crippen molar-refractivity contribution in [3.05, 3.63) is 35.9 Å². The highest BCUT2D eigenvalue weighted by Gasteiger charge is 2.30. The third-order valence-electron chi connectivity index (χ3n) is 4.59. The summed E-state index contributed by atoms with van der Waals surface area (Å²) in [7, 11) is 0. The van der Waals surface area contributed by atoms with Gasteiger partial charge in [0.25, 0.3) is 0 Å². The molecule has 0 aliphatic heterocycles. The molecule has 2 heteroatoms. The van der Waals surface area contributed by atoms with E-state index in [0.717, 1.165) is 24.3 Å². The van der Waals surface area contributed by atoms with Crippen molar-refractivity contribution < 1.29 is 4.79 Å². The molecule has 0 radical (unpaired) electrons. The van der Waals surface area contributed by atoms with Crippen LogP contribution in [0, 0.1) is 17.8 Å². The molecular formula is C17H25NO. The third-order valence-corrected chi connectivity index (χ3v) is 4.59. The molecule has 2 atom stereocenters. The number of carbonyl (C=O) groups excluding carboxylic acids is 1. The van der Waals surface area contributed by atoms with Crippen LogP contribution in [0.4, 0.5) is 0 Å². The van der Waals surface area contributed by atoms with Gasteiger partial charge in [-0.3, -0.25) is 4.79 Å². The first-order valence-electron chi connectivity index (χ1n) is 7.44. The van der Waals surface area contributed by atoms with Crippen molar-refractivity contribution in [2.75, 3.05) is 0 Å². The minimum absolute atomic E-state index is 0.0826. The summed E-state index contributed by atoms with van der Waals surface area (Å²) in [5.41, 5.74) is 7.32. The Balaban J connectivity index is 1.99. The first kappa shape index (κ1) is 14.3. The first-order chi connectivity index (χ1) is 9.09. The molecule has 1 saturated carbocycles. The molecule has 0 bridgehead atoms. The molecule has 1 aliphatic carbocycles. The fourth-order valence-electron chi connectivity index (χ4n) is 3.06. The van der Waals surface area contributed by atoms with E-state index in [1.54, 1.807) is 0 Å². The zero-order valence-electron chi connectivity index (χ0n) is 12.0. The molecule has 1 fully saturated rings. The average molecular weight is 259 g/mol. The normalized spacial score (nSPS) is 26.7. The van der Waals surface area contributed by atoms with E-state index in [1.165, 1.54) is 12.8 Å². The van der Waals surface area contributed by atoms with E-state index in [9.17, 15) is 4.79 Å². The van der Waals surface area contributed by atoms with Crippen LogP contribution >= 0.6 is 0 Å². The van der Waals surface area contributed by atoms with Crippen molar-refractivity contribution in [3.63, 3.8) is 0 Å². The van der Waals surface area contributed by atoms with E-state index >= 15 is 0 Å². The topological polar surface area (TPSA) is 43.1 Å². The second-order valence-electron chi connectivity index (χ2n) is 6.08. The molecular weight excluding hydrogens is 234 g/mol. The maximum Gasteiger partial charge on any atom is 0.140 e. The van der Waals surface area contributed by atoms with Crippen LogP contribution in [-0.2, 0) is 4.79 Å². The summed E-state index contributed by atoms with van der Waals surface area (Å²) in [6.07, 6.45) is 4.46. The standard InChI is InChI=1S/C17H25NO/c1-12-8-10-15(11-9-12)17(19)13(2)16(18)14-6-4-3-5-7-14/h3-7,12-13,15-16H,8-11,18H2,1-2H3. The molecule has 0 saturated heterocycles. The molecule has 1 aromatic rings. The Labute approximate surface area is 116 Å². The molecule has 2 rings (SSSR count). The van der Waals surface area contributed by atoms with Crippen molar-refractivity contribution in [2.45, 2.75) is 45.6 Å². The number of carbonyl (C=O) groups is 1. The first-order valence-corrected chi connectivity index (χ1v) is 7.44. The number of hydrogen-bond acceptors (Lipinski definition) is 2. The van der Waals surface area contributed by atoms with Crippen LogP contribution in [0.2, 0.25) is 0 Å². The monoisotopic (exact) mass is 259 g/mol. The van der Waals surface area contributed by atoms with Gasteiger partial charge < -0.3 is 5.73 Å². The van der Waals surface area contributed by atoms with Gasteiger partial charge in [0.1, 0.15) is 5.78 Å².